The fraction of sp³-hybridized carbons (Fsp3) is 0.300. The minimum atomic E-state index is -0.643. The van der Waals surface area contributed by atoms with Crippen molar-refractivity contribution >= 4 is 5.97 Å². The number of hydrogen-bond donors (Lipinski definition) is 1. The third-order valence-electron chi connectivity index (χ3n) is 1.93. The largest absolute Gasteiger partial charge is 0.454 e. The highest BCUT2D eigenvalue weighted by molar-refractivity contribution is 5.77. The highest BCUT2D eigenvalue weighted by atomic mass is 16.7. The third kappa shape index (κ3) is 2.02. The summed E-state index contributed by atoms with van der Waals surface area (Å²) in [6.07, 6.45) is 0. The first-order chi connectivity index (χ1) is 7.16. The smallest absolute Gasteiger partial charge is 0.328 e. The standard InChI is InChI=1S/C10H11NO4/c1-6(11)10(12)15-7-2-3-8-9(4-7)14-5-13-8/h2-4,6H,5,11H2,1H3/t6-/m0/s1. The minimum Gasteiger partial charge on any atom is -0.454 e. The van der Waals surface area contributed by atoms with Gasteiger partial charge in [0.15, 0.2) is 11.5 Å². The van der Waals surface area contributed by atoms with Crippen LogP contribution >= 0.6 is 0 Å². The van der Waals surface area contributed by atoms with Crippen molar-refractivity contribution in [1.29, 1.82) is 0 Å². The number of carbonyl (C=O) groups is 1. The van der Waals surface area contributed by atoms with Gasteiger partial charge in [0.1, 0.15) is 11.8 Å². The number of carbonyl (C=O) groups excluding carboxylic acids is 1. The van der Waals surface area contributed by atoms with Gasteiger partial charge >= 0.3 is 5.97 Å². The predicted octanol–water partition coefficient (Wildman–Crippen LogP) is 0.668. The van der Waals surface area contributed by atoms with Gasteiger partial charge in [-0.15, -0.1) is 0 Å². The molecule has 1 aliphatic rings. The minimum absolute atomic E-state index is 0.194. The van der Waals surface area contributed by atoms with Crippen LogP contribution in [0.15, 0.2) is 18.2 Å². The molecule has 0 fully saturated rings. The fourth-order valence-electron chi connectivity index (χ4n) is 1.15. The first-order valence-electron chi connectivity index (χ1n) is 4.54. The van der Waals surface area contributed by atoms with E-state index in [-0.39, 0.29) is 6.79 Å². The van der Waals surface area contributed by atoms with E-state index in [9.17, 15) is 4.79 Å². The number of fused-ring (bicyclic) bond motifs is 1. The van der Waals surface area contributed by atoms with Crippen LogP contribution in [-0.4, -0.2) is 18.8 Å². The predicted molar refractivity (Wildman–Crippen MR) is 51.8 cm³/mol. The summed E-state index contributed by atoms with van der Waals surface area (Å²) >= 11 is 0. The average Bonchev–Trinajstić information content (AvgIpc) is 2.64. The first-order valence-corrected chi connectivity index (χ1v) is 4.54. The maximum atomic E-state index is 11.2. The molecule has 1 atom stereocenters. The topological polar surface area (TPSA) is 70.8 Å². The number of nitrogens with two attached hydrogens (primary N) is 1. The second kappa shape index (κ2) is 3.78. The number of esters is 1. The molecule has 0 aromatic heterocycles. The SMILES string of the molecule is C[C@H](N)C(=O)Oc1ccc2c(c1)OCO2. The average molecular weight is 209 g/mol. The number of benzene rings is 1. The molecule has 0 saturated carbocycles. The van der Waals surface area contributed by atoms with Crippen molar-refractivity contribution in [2.45, 2.75) is 13.0 Å². The molecule has 0 unspecified atom stereocenters. The molecule has 0 amide bonds. The van der Waals surface area contributed by atoms with Crippen LogP contribution in [0.3, 0.4) is 0 Å². The summed E-state index contributed by atoms with van der Waals surface area (Å²) in [7, 11) is 0. The summed E-state index contributed by atoms with van der Waals surface area (Å²) in [5, 5.41) is 0. The maximum Gasteiger partial charge on any atom is 0.328 e. The van der Waals surface area contributed by atoms with E-state index >= 15 is 0 Å². The Labute approximate surface area is 86.7 Å². The zero-order valence-corrected chi connectivity index (χ0v) is 8.23. The lowest BCUT2D eigenvalue weighted by molar-refractivity contribution is -0.135. The van der Waals surface area contributed by atoms with E-state index in [1.54, 1.807) is 25.1 Å². The number of hydrogen-bond acceptors (Lipinski definition) is 5. The van der Waals surface area contributed by atoms with Gasteiger partial charge in [-0.3, -0.25) is 0 Å². The summed E-state index contributed by atoms with van der Waals surface area (Å²) in [4.78, 5) is 11.2. The van der Waals surface area contributed by atoms with Crippen LogP contribution in [-0.2, 0) is 4.79 Å². The first kappa shape index (κ1) is 9.79. The Hall–Kier alpha value is -1.75. The summed E-state index contributed by atoms with van der Waals surface area (Å²) in [6, 6.07) is 4.28. The summed E-state index contributed by atoms with van der Waals surface area (Å²) < 4.78 is 15.3. The zero-order chi connectivity index (χ0) is 10.8. The van der Waals surface area contributed by atoms with Crippen LogP contribution in [0.25, 0.3) is 0 Å². The number of rotatable bonds is 2. The molecule has 1 aromatic rings. The van der Waals surface area contributed by atoms with Crippen molar-refractivity contribution in [1.82, 2.24) is 0 Å². The van der Waals surface area contributed by atoms with Crippen LogP contribution in [0, 0.1) is 0 Å². The molecular weight excluding hydrogens is 198 g/mol. The lowest BCUT2D eigenvalue weighted by Gasteiger charge is -2.06. The van der Waals surface area contributed by atoms with E-state index in [0.29, 0.717) is 17.2 Å². The number of ether oxygens (including phenoxy) is 3. The zero-order valence-electron chi connectivity index (χ0n) is 8.23. The van der Waals surface area contributed by atoms with Crippen molar-refractivity contribution in [3.05, 3.63) is 18.2 Å². The van der Waals surface area contributed by atoms with Crippen LogP contribution in [0.1, 0.15) is 6.92 Å². The highest BCUT2D eigenvalue weighted by Gasteiger charge is 2.16. The Morgan fingerprint density at radius 3 is 2.93 bits per heavy atom. The van der Waals surface area contributed by atoms with E-state index in [1.165, 1.54) is 0 Å². The van der Waals surface area contributed by atoms with Crippen LogP contribution in [0.5, 0.6) is 17.2 Å². The molecule has 80 valence electrons. The van der Waals surface area contributed by atoms with E-state index in [0.717, 1.165) is 0 Å². The van der Waals surface area contributed by atoms with Crippen LogP contribution in [0.4, 0.5) is 0 Å². The quantitative estimate of drug-likeness (QED) is 0.572. The monoisotopic (exact) mass is 209 g/mol. The van der Waals surface area contributed by atoms with Gasteiger partial charge in [0, 0.05) is 6.07 Å². The van der Waals surface area contributed by atoms with Crippen molar-refractivity contribution in [3.63, 3.8) is 0 Å². The van der Waals surface area contributed by atoms with Gasteiger partial charge in [-0.05, 0) is 19.1 Å². The molecule has 5 nitrogen and oxygen atoms in total. The Morgan fingerprint density at radius 1 is 1.47 bits per heavy atom. The molecule has 5 heteroatoms. The molecule has 2 rings (SSSR count). The molecule has 0 saturated heterocycles. The lowest BCUT2D eigenvalue weighted by atomic mass is 10.3. The molecular formula is C10H11NO4. The van der Waals surface area contributed by atoms with Crippen LogP contribution < -0.4 is 19.9 Å². The normalized spacial score (nSPS) is 14.8. The summed E-state index contributed by atoms with van der Waals surface area (Å²) in [6.45, 7) is 1.76. The molecule has 2 N–H and O–H groups in total. The Bertz CT molecular complexity index is 389. The van der Waals surface area contributed by atoms with Gasteiger partial charge in [-0.2, -0.15) is 0 Å². The third-order valence-corrected chi connectivity index (χ3v) is 1.93. The second-order valence-electron chi connectivity index (χ2n) is 3.22. The maximum absolute atomic E-state index is 11.2. The van der Waals surface area contributed by atoms with Gasteiger partial charge in [0.25, 0.3) is 0 Å². The summed E-state index contributed by atoms with van der Waals surface area (Å²) in [5.74, 6) is 1.15. The Morgan fingerprint density at radius 2 is 2.20 bits per heavy atom. The Balaban J connectivity index is 2.13. The van der Waals surface area contributed by atoms with Gasteiger partial charge in [0.05, 0.1) is 0 Å². The highest BCUT2D eigenvalue weighted by Crippen LogP contribution is 2.35. The van der Waals surface area contributed by atoms with Crippen molar-refractivity contribution < 1.29 is 19.0 Å². The van der Waals surface area contributed by atoms with Crippen molar-refractivity contribution in [2.24, 2.45) is 5.73 Å². The molecule has 1 aliphatic heterocycles. The van der Waals surface area contributed by atoms with E-state index < -0.39 is 12.0 Å². The molecule has 0 bridgehead atoms. The van der Waals surface area contributed by atoms with Gasteiger partial charge in [0.2, 0.25) is 6.79 Å². The summed E-state index contributed by atoms with van der Waals surface area (Å²) in [5.41, 5.74) is 5.37. The van der Waals surface area contributed by atoms with Crippen LogP contribution in [0.2, 0.25) is 0 Å². The molecule has 15 heavy (non-hydrogen) atoms. The van der Waals surface area contributed by atoms with Crippen molar-refractivity contribution in [3.8, 4) is 17.2 Å². The van der Waals surface area contributed by atoms with Crippen molar-refractivity contribution in [2.75, 3.05) is 6.79 Å². The van der Waals surface area contributed by atoms with Gasteiger partial charge < -0.3 is 19.9 Å². The molecule has 1 aromatic carbocycles. The Kier molecular flexibility index (Phi) is 2.47. The molecule has 0 radical (unpaired) electrons. The molecule has 0 aliphatic carbocycles. The second-order valence-corrected chi connectivity index (χ2v) is 3.22. The van der Waals surface area contributed by atoms with Gasteiger partial charge in [-0.25, -0.2) is 4.79 Å². The molecule has 0 spiro atoms. The lowest BCUT2D eigenvalue weighted by Crippen LogP contribution is -2.30. The van der Waals surface area contributed by atoms with E-state index in [4.69, 9.17) is 19.9 Å². The van der Waals surface area contributed by atoms with E-state index in [1.807, 2.05) is 0 Å². The molecule has 1 heterocycles. The van der Waals surface area contributed by atoms with E-state index in [2.05, 4.69) is 0 Å². The van der Waals surface area contributed by atoms with Gasteiger partial charge in [-0.1, -0.05) is 0 Å². The fourth-order valence-corrected chi connectivity index (χ4v) is 1.15.